The van der Waals surface area contributed by atoms with E-state index in [1.165, 1.54) is 21.6 Å². The average molecular weight is 287 g/mol. The highest BCUT2D eigenvalue weighted by atomic mass is 16.2. The van der Waals surface area contributed by atoms with Crippen molar-refractivity contribution in [2.24, 2.45) is 0 Å². The number of carbonyl (C=O) groups excluding carboxylic acids is 2. The Labute approximate surface area is 124 Å². The van der Waals surface area contributed by atoms with Crippen molar-refractivity contribution in [3.8, 4) is 0 Å². The summed E-state index contributed by atoms with van der Waals surface area (Å²) in [6, 6.07) is 6.47. The zero-order chi connectivity index (χ0) is 15.0. The van der Waals surface area contributed by atoms with Crippen LogP contribution in [-0.4, -0.2) is 36.5 Å². The fraction of sp³-hybridized carbons (Fsp3) is 0.500. The molecular weight excluding hydrogens is 266 g/mol. The van der Waals surface area contributed by atoms with Gasteiger partial charge in [-0.1, -0.05) is 25.1 Å². The normalized spacial score (nSPS) is 24.4. The van der Waals surface area contributed by atoms with E-state index < -0.39 is 0 Å². The largest absolute Gasteiger partial charge is 0.329 e. The van der Waals surface area contributed by atoms with Gasteiger partial charge in [-0.25, -0.2) is 4.79 Å². The molecule has 2 aliphatic rings. The molecule has 2 N–H and O–H groups in total. The summed E-state index contributed by atoms with van der Waals surface area (Å²) >= 11 is 0. The third-order valence-electron chi connectivity index (χ3n) is 4.48. The summed E-state index contributed by atoms with van der Waals surface area (Å²) in [6.45, 7) is 5.60. The summed E-state index contributed by atoms with van der Waals surface area (Å²) in [5, 5.41) is 6.03. The number of amides is 3. The standard InChI is InChI=1S/C16H21N3O2/c1-10-4-3-5-12-13(8-11(2)15(10)12)17-6-7-19-14(20)9-18-16(19)21/h3-5,11,13,17H,6-9H2,1-2H3,(H,18,21)/t11-,13+/m1/s1. The van der Waals surface area contributed by atoms with Crippen LogP contribution in [0.4, 0.5) is 4.79 Å². The number of hydrogen-bond acceptors (Lipinski definition) is 3. The fourth-order valence-electron chi connectivity index (χ4n) is 3.50. The Morgan fingerprint density at radius 1 is 1.38 bits per heavy atom. The van der Waals surface area contributed by atoms with Gasteiger partial charge in [0.1, 0.15) is 0 Å². The second-order valence-electron chi connectivity index (χ2n) is 5.93. The number of aryl methyl sites for hydroxylation is 1. The molecule has 5 heteroatoms. The molecule has 5 nitrogen and oxygen atoms in total. The Morgan fingerprint density at radius 2 is 2.19 bits per heavy atom. The molecule has 1 aliphatic heterocycles. The minimum absolute atomic E-state index is 0.126. The van der Waals surface area contributed by atoms with Gasteiger partial charge in [0.05, 0.1) is 6.54 Å². The lowest BCUT2D eigenvalue weighted by molar-refractivity contribution is -0.124. The molecule has 0 unspecified atom stereocenters. The highest BCUT2D eigenvalue weighted by Crippen LogP contribution is 2.41. The van der Waals surface area contributed by atoms with Crippen LogP contribution < -0.4 is 10.6 Å². The topological polar surface area (TPSA) is 61.4 Å². The maximum atomic E-state index is 11.5. The van der Waals surface area contributed by atoms with Gasteiger partial charge < -0.3 is 10.6 Å². The lowest BCUT2D eigenvalue weighted by Gasteiger charge is -2.17. The van der Waals surface area contributed by atoms with Crippen molar-refractivity contribution in [1.82, 2.24) is 15.5 Å². The zero-order valence-electron chi connectivity index (χ0n) is 12.5. The summed E-state index contributed by atoms with van der Waals surface area (Å²) in [4.78, 5) is 24.3. The quantitative estimate of drug-likeness (QED) is 0.828. The van der Waals surface area contributed by atoms with Crippen LogP contribution in [0.2, 0.25) is 0 Å². The second kappa shape index (κ2) is 5.48. The van der Waals surface area contributed by atoms with Crippen LogP contribution in [0.1, 0.15) is 42.0 Å². The average Bonchev–Trinajstić information content (AvgIpc) is 2.94. The molecule has 0 bridgehead atoms. The monoisotopic (exact) mass is 287 g/mol. The molecule has 1 fully saturated rings. The van der Waals surface area contributed by atoms with Gasteiger partial charge in [-0.3, -0.25) is 9.69 Å². The van der Waals surface area contributed by atoms with Crippen molar-refractivity contribution in [3.63, 3.8) is 0 Å². The first-order valence-corrected chi connectivity index (χ1v) is 7.49. The Bertz CT molecular complexity index is 569. The minimum atomic E-state index is -0.280. The van der Waals surface area contributed by atoms with Gasteiger partial charge in [0.2, 0.25) is 5.91 Å². The van der Waals surface area contributed by atoms with Crippen molar-refractivity contribution < 1.29 is 9.59 Å². The molecule has 1 aromatic rings. The van der Waals surface area contributed by atoms with Gasteiger partial charge in [-0.2, -0.15) is 0 Å². The van der Waals surface area contributed by atoms with E-state index in [0.29, 0.717) is 25.0 Å². The third kappa shape index (κ3) is 2.53. The van der Waals surface area contributed by atoms with Crippen LogP contribution in [0.15, 0.2) is 18.2 Å². The number of urea groups is 1. The highest BCUT2D eigenvalue weighted by Gasteiger charge is 2.30. The lowest BCUT2D eigenvalue weighted by Crippen LogP contribution is -2.37. The first-order chi connectivity index (χ1) is 10.1. The molecule has 0 spiro atoms. The Kier molecular flexibility index (Phi) is 3.68. The van der Waals surface area contributed by atoms with Gasteiger partial charge in [0.25, 0.3) is 0 Å². The Morgan fingerprint density at radius 3 is 2.90 bits per heavy atom. The van der Waals surface area contributed by atoms with Crippen LogP contribution in [0.3, 0.4) is 0 Å². The third-order valence-corrected chi connectivity index (χ3v) is 4.48. The van der Waals surface area contributed by atoms with E-state index in [9.17, 15) is 9.59 Å². The van der Waals surface area contributed by atoms with E-state index in [4.69, 9.17) is 0 Å². The number of imide groups is 1. The van der Waals surface area contributed by atoms with E-state index >= 15 is 0 Å². The van der Waals surface area contributed by atoms with Gasteiger partial charge in [0, 0.05) is 19.1 Å². The van der Waals surface area contributed by atoms with Crippen LogP contribution in [0, 0.1) is 6.92 Å². The SMILES string of the molecule is Cc1cccc2c1[C@H](C)C[C@@H]2NCCN1C(=O)CNC1=O. The molecule has 112 valence electrons. The van der Waals surface area contributed by atoms with Crippen molar-refractivity contribution in [2.75, 3.05) is 19.6 Å². The van der Waals surface area contributed by atoms with Crippen LogP contribution in [0.5, 0.6) is 0 Å². The molecule has 0 saturated carbocycles. The van der Waals surface area contributed by atoms with Crippen LogP contribution in [0.25, 0.3) is 0 Å². The van der Waals surface area contributed by atoms with Crippen molar-refractivity contribution >= 4 is 11.9 Å². The van der Waals surface area contributed by atoms with Gasteiger partial charge in [-0.05, 0) is 36.0 Å². The Balaban J connectivity index is 1.62. The number of carbonyl (C=O) groups is 2. The first-order valence-electron chi connectivity index (χ1n) is 7.49. The summed E-state index contributed by atoms with van der Waals surface area (Å²) < 4.78 is 0. The molecule has 0 radical (unpaired) electrons. The first kappa shape index (κ1) is 14.1. The van der Waals surface area contributed by atoms with E-state index in [-0.39, 0.29) is 18.5 Å². The predicted molar refractivity (Wildman–Crippen MR) is 80.1 cm³/mol. The molecule has 2 atom stereocenters. The zero-order valence-corrected chi connectivity index (χ0v) is 12.5. The Hall–Kier alpha value is -1.88. The van der Waals surface area contributed by atoms with Crippen molar-refractivity contribution in [2.45, 2.75) is 32.2 Å². The highest BCUT2D eigenvalue weighted by molar-refractivity contribution is 6.01. The molecular formula is C16H21N3O2. The smallest absolute Gasteiger partial charge is 0.324 e. The minimum Gasteiger partial charge on any atom is -0.329 e. The number of nitrogens with zero attached hydrogens (tertiary/aromatic N) is 1. The van der Waals surface area contributed by atoms with Crippen molar-refractivity contribution in [1.29, 1.82) is 0 Å². The summed E-state index contributed by atoms with van der Waals surface area (Å²) in [5.41, 5.74) is 4.16. The number of rotatable bonds is 4. The molecule has 3 amide bonds. The number of hydrogen-bond donors (Lipinski definition) is 2. The summed E-state index contributed by atoms with van der Waals surface area (Å²) in [5.74, 6) is 0.410. The predicted octanol–water partition coefficient (Wildman–Crippen LogP) is 1.68. The lowest BCUT2D eigenvalue weighted by atomic mass is 9.98. The second-order valence-corrected chi connectivity index (χ2v) is 5.93. The van der Waals surface area contributed by atoms with Gasteiger partial charge >= 0.3 is 6.03 Å². The van der Waals surface area contributed by atoms with Crippen LogP contribution in [-0.2, 0) is 4.79 Å². The molecule has 0 aromatic heterocycles. The number of benzene rings is 1. The van der Waals surface area contributed by atoms with Crippen LogP contribution >= 0.6 is 0 Å². The van der Waals surface area contributed by atoms with E-state index in [0.717, 1.165) is 6.42 Å². The maximum Gasteiger partial charge on any atom is 0.324 e. The van der Waals surface area contributed by atoms with Crippen molar-refractivity contribution in [3.05, 3.63) is 34.9 Å². The molecule has 21 heavy (non-hydrogen) atoms. The van der Waals surface area contributed by atoms with E-state index in [2.05, 4.69) is 42.7 Å². The van der Waals surface area contributed by atoms with E-state index in [1.807, 2.05) is 0 Å². The molecule has 1 aliphatic carbocycles. The fourth-order valence-corrected chi connectivity index (χ4v) is 3.50. The van der Waals surface area contributed by atoms with E-state index in [1.54, 1.807) is 0 Å². The summed E-state index contributed by atoms with van der Waals surface area (Å²) in [6.07, 6.45) is 1.07. The number of nitrogens with one attached hydrogen (secondary N) is 2. The molecule has 1 aromatic carbocycles. The maximum absolute atomic E-state index is 11.5. The molecule has 3 rings (SSSR count). The molecule has 1 heterocycles. The van der Waals surface area contributed by atoms with Gasteiger partial charge in [-0.15, -0.1) is 0 Å². The number of fused-ring (bicyclic) bond motifs is 1. The summed E-state index contributed by atoms with van der Waals surface area (Å²) in [7, 11) is 0. The molecule has 1 saturated heterocycles. The van der Waals surface area contributed by atoms with Gasteiger partial charge in [0.15, 0.2) is 0 Å².